The topological polar surface area (TPSA) is 37.8 Å². The predicted molar refractivity (Wildman–Crippen MR) is 80.5 cm³/mol. The average molecular weight is 311 g/mol. The van der Waals surface area contributed by atoms with E-state index >= 15 is 0 Å². The van der Waals surface area contributed by atoms with Crippen molar-refractivity contribution < 1.29 is 8.78 Å². The van der Waals surface area contributed by atoms with Crippen molar-refractivity contribution in [2.24, 2.45) is 0 Å². The molecule has 6 heteroatoms. The first-order valence-electron chi connectivity index (χ1n) is 7.04. The van der Waals surface area contributed by atoms with Crippen LogP contribution in [0.1, 0.15) is 35.8 Å². The van der Waals surface area contributed by atoms with Crippen molar-refractivity contribution in [3.05, 3.63) is 45.4 Å². The predicted octanol–water partition coefficient (Wildman–Crippen LogP) is 3.34. The molecule has 0 bridgehead atoms. The van der Waals surface area contributed by atoms with Crippen LogP contribution >= 0.6 is 11.3 Å². The lowest BCUT2D eigenvalue weighted by Crippen LogP contribution is -2.23. The fraction of sp³-hybridized carbons (Fsp3) is 0.467. The highest BCUT2D eigenvalue weighted by Gasteiger charge is 2.11. The van der Waals surface area contributed by atoms with E-state index in [1.807, 2.05) is 0 Å². The highest BCUT2D eigenvalue weighted by molar-refractivity contribution is 7.11. The number of halogens is 2. The summed E-state index contributed by atoms with van der Waals surface area (Å²) < 4.78 is 26.7. The van der Waals surface area contributed by atoms with Gasteiger partial charge in [-0.25, -0.2) is 8.78 Å². The molecule has 0 saturated heterocycles. The zero-order valence-electron chi connectivity index (χ0n) is 12.2. The second kappa shape index (κ2) is 7.56. The Morgan fingerprint density at radius 3 is 2.71 bits per heavy atom. The molecule has 1 heterocycles. The third kappa shape index (κ3) is 4.82. The molecule has 114 valence electrons. The zero-order chi connectivity index (χ0) is 15.2. The zero-order valence-corrected chi connectivity index (χ0v) is 13.0. The molecule has 21 heavy (non-hydrogen) atoms. The highest BCUT2D eigenvalue weighted by atomic mass is 32.1. The molecule has 1 N–H and O–H groups in total. The van der Waals surface area contributed by atoms with E-state index in [-0.39, 0.29) is 6.42 Å². The number of nitrogens with one attached hydrogen (secondary N) is 1. The quantitative estimate of drug-likeness (QED) is 0.797. The molecule has 2 aromatic rings. The number of benzene rings is 1. The normalized spacial score (nSPS) is 11.3. The summed E-state index contributed by atoms with van der Waals surface area (Å²) in [6.45, 7) is 5.15. The van der Waals surface area contributed by atoms with Crippen LogP contribution in [0.15, 0.2) is 18.2 Å². The van der Waals surface area contributed by atoms with Crippen LogP contribution in [0, 0.1) is 11.6 Å². The molecule has 2 rings (SSSR count). The summed E-state index contributed by atoms with van der Waals surface area (Å²) >= 11 is 1.46. The fourth-order valence-corrected chi connectivity index (χ4v) is 2.85. The number of hydrogen-bond acceptors (Lipinski definition) is 4. The molecular formula is C15H19F2N3S. The standard InChI is InChI=1S/C15H19F2N3S/c1-10(2)18-8-4-7-13-19-20-14(21-13)9-11-5-3-6-12(16)15(11)17/h3,5-6,10,18H,4,7-9H2,1-2H3. The number of aromatic nitrogens is 2. The lowest BCUT2D eigenvalue weighted by Gasteiger charge is -2.05. The minimum Gasteiger partial charge on any atom is -0.315 e. The summed E-state index contributed by atoms with van der Waals surface area (Å²) in [5.41, 5.74) is 0.319. The minimum absolute atomic E-state index is 0.283. The van der Waals surface area contributed by atoms with Gasteiger partial charge < -0.3 is 5.32 Å². The van der Waals surface area contributed by atoms with Gasteiger partial charge >= 0.3 is 0 Å². The van der Waals surface area contributed by atoms with Gasteiger partial charge in [0.25, 0.3) is 0 Å². The summed E-state index contributed by atoms with van der Waals surface area (Å²) in [5, 5.41) is 13.2. The van der Waals surface area contributed by atoms with E-state index in [4.69, 9.17) is 0 Å². The van der Waals surface area contributed by atoms with Gasteiger partial charge in [0.1, 0.15) is 10.0 Å². The van der Waals surface area contributed by atoms with Crippen molar-refractivity contribution >= 4 is 11.3 Å². The highest BCUT2D eigenvalue weighted by Crippen LogP contribution is 2.19. The monoisotopic (exact) mass is 311 g/mol. The maximum atomic E-state index is 13.6. The molecule has 0 fully saturated rings. The summed E-state index contributed by atoms with van der Waals surface area (Å²) in [7, 11) is 0. The van der Waals surface area contributed by atoms with Gasteiger partial charge in [0.05, 0.1) is 0 Å². The Balaban J connectivity index is 1.89. The van der Waals surface area contributed by atoms with Gasteiger partial charge in [-0.15, -0.1) is 21.5 Å². The Hall–Kier alpha value is -1.40. The van der Waals surface area contributed by atoms with Crippen LogP contribution < -0.4 is 5.32 Å². The SMILES string of the molecule is CC(C)NCCCc1nnc(Cc2cccc(F)c2F)s1. The fourth-order valence-electron chi connectivity index (χ4n) is 1.94. The number of hydrogen-bond donors (Lipinski definition) is 1. The lowest BCUT2D eigenvalue weighted by atomic mass is 10.1. The van der Waals surface area contributed by atoms with Crippen molar-refractivity contribution in [3.8, 4) is 0 Å². The van der Waals surface area contributed by atoms with Gasteiger partial charge in [-0.1, -0.05) is 26.0 Å². The number of rotatable bonds is 7. The van der Waals surface area contributed by atoms with Gasteiger partial charge in [0.2, 0.25) is 0 Å². The minimum atomic E-state index is -0.822. The van der Waals surface area contributed by atoms with E-state index < -0.39 is 11.6 Å². The van der Waals surface area contributed by atoms with Crippen molar-refractivity contribution in [1.29, 1.82) is 0 Å². The second-order valence-corrected chi connectivity index (χ2v) is 6.34. The van der Waals surface area contributed by atoms with Crippen molar-refractivity contribution in [1.82, 2.24) is 15.5 Å². The molecule has 0 spiro atoms. The number of aryl methyl sites for hydroxylation is 1. The van der Waals surface area contributed by atoms with E-state index in [1.165, 1.54) is 17.4 Å². The van der Waals surface area contributed by atoms with Gasteiger partial charge in [-0.05, 0) is 24.6 Å². The molecule has 0 aliphatic carbocycles. The summed E-state index contributed by atoms with van der Waals surface area (Å²) in [5.74, 6) is -1.62. The summed E-state index contributed by atoms with van der Waals surface area (Å²) in [6.07, 6.45) is 2.12. The smallest absolute Gasteiger partial charge is 0.162 e. The van der Waals surface area contributed by atoms with Crippen molar-refractivity contribution in [2.75, 3.05) is 6.54 Å². The molecule has 0 unspecified atom stereocenters. The van der Waals surface area contributed by atoms with Crippen LogP contribution in [0.3, 0.4) is 0 Å². The molecule has 0 amide bonds. The Labute approximate surface area is 127 Å². The Bertz CT molecular complexity index is 584. The van der Waals surface area contributed by atoms with Crippen LogP contribution in [-0.2, 0) is 12.8 Å². The maximum absolute atomic E-state index is 13.6. The maximum Gasteiger partial charge on any atom is 0.162 e. The van der Waals surface area contributed by atoms with E-state index in [9.17, 15) is 8.78 Å². The second-order valence-electron chi connectivity index (χ2n) is 5.19. The van der Waals surface area contributed by atoms with E-state index in [0.29, 0.717) is 16.6 Å². The molecule has 3 nitrogen and oxygen atoms in total. The Kier molecular flexibility index (Phi) is 5.76. The van der Waals surface area contributed by atoms with Crippen LogP contribution in [0.4, 0.5) is 8.78 Å². The molecule has 0 atom stereocenters. The molecule has 0 saturated carbocycles. The Morgan fingerprint density at radius 2 is 1.95 bits per heavy atom. The lowest BCUT2D eigenvalue weighted by molar-refractivity contribution is 0.500. The van der Waals surface area contributed by atoms with Crippen LogP contribution in [-0.4, -0.2) is 22.8 Å². The van der Waals surface area contributed by atoms with E-state index in [2.05, 4.69) is 29.4 Å². The molecule has 0 radical (unpaired) electrons. The van der Waals surface area contributed by atoms with Gasteiger partial charge in [0, 0.05) is 18.9 Å². The summed E-state index contributed by atoms with van der Waals surface area (Å²) in [4.78, 5) is 0. The van der Waals surface area contributed by atoms with E-state index in [1.54, 1.807) is 6.07 Å². The third-order valence-electron chi connectivity index (χ3n) is 3.00. The van der Waals surface area contributed by atoms with Crippen LogP contribution in [0.2, 0.25) is 0 Å². The average Bonchev–Trinajstić information content (AvgIpc) is 2.87. The number of nitrogens with zero attached hydrogens (tertiary/aromatic N) is 2. The largest absolute Gasteiger partial charge is 0.315 e. The molecular weight excluding hydrogens is 292 g/mol. The first-order chi connectivity index (χ1) is 10.1. The van der Waals surface area contributed by atoms with Gasteiger partial charge in [-0.3, -0.25) is 0 Å². The first kappa shape index (κ1) is 16.0. The molecule has 0 aliphatic rings. The first-order valence-corrected chi connectivity index (χ1v) is 7.85. The van der Waals surface area contributed by atoms with Crippen molar-refractivity contribution in [2.45, 2.75) is 39.2 Å². The molecule has 1 aromatic carbocycles. The van der Waals surface area contributed by atoms with Crippen molar-refractivity contribution in [3.63, 3.8) is 0 Å². The third-order valence-corrected chi connectivity index (χ3v) is 3.98. The van der Waals surface area contributed by atoms with Crippen LogP contribution in [0.25, 0.3) is 0 Å². The van der Waals surface area contributed by atoms with Crippen LogP contribution in [0.5, 0.6) is 0 Å². The van der Waals surface area contributed by atoms with Gasteiger partial charge in [-0.2, -0.15) is 0 Å². The van der Waals surface area contributed by atoms with E-state index in [0.717, 1.165) is 30.5 Å². The van der Waals surface area contributed by atoms with Gasteiger partial charge in [0.15, 0.2) is 11.6 Å². The molecule has 1 aromatic heterocycles. The Morgan fingerprint density at radius 1 is 1.19 bits per heavy atom. The summed E-state index contributed by atoms with van der Waals surface area (Å²) in [6, 6.07) is 4.68. The molecule has 0 aliphatic heterocycles.